The summed E-state index contributed by atoms with van der Waals surface area (Å²) >= 11 is 5.98. The van der Waals surface area contributed by atoms with Gasteiger partial charge in [-0.15, -0.1) is 0 Å². The third kappa shape index (κ3) is 2.79. The predicted octanol–water partition coefficient (Wildman–Crippen LogP) is 1.77. The highest BCUT2D eigenvalue weighted by atomic mass is 35.5. The van der Waals surface area contributed by atoms with Crippen molar-refractivity contribution >= 4 is 23.1 Å². The Labute approximate surface area is 105 Å². The molecule has 1 aromatic heterocycles. The standard InChI is InChI=1S/C11H17ClN4O/c1-2-7(5-17)14-11-8(13)9(12)15-10(16-11)6-3-4-6/h6-7,17H,2-5,13H2,1H3,(H,14,15,16). The molecule has 1 saturated carbocycles. The molecular formula is C11H17ClN4O. The zero-order chi connectivity index (χ0) is 12.4. The Morgan fingerprint density at radius 1 is 1.53 bits per heavy atom. The first-order valence-corrected chi connectivity index (χ1v) is 6.23. The maximum absolute atomic E-state index is 9.16. The minimum Gasteiger partial charge on any atom is -0.394 e. The highest BCUT2D eigenvalue weighted by molar-refractivity contribution is 6.32. The summed E-state index contributed by atoms with van der Waals surface area (Å²) in [5, 5.41) is 12.5. The van der Waals surface area contributed by atoms with Crippen LogP contribution in [0.4, 0.5) is 11.5 Å². The summed E-state index contributed by atoms with van der Waals surface area (Å²) in [5.41, 5.74) is 6.18. The summed E-state index contributed by atoms with van der Waals surface area (Å²) in [5.74, 6) is 1.70. The summed E-state index contributed by atoms with van der Waals surface area (Å²) in [7, 11) is 0. The Balaban J connectivity index is 2.24. The van der Waals surface area contributed by atoms with Crippen LogP contribution in [0.3, 0.4) is 0 Å². The average molecular weight is 257 g/mol. The Bertz CT molecular complexity index is 405. The molecule has 1 fully saturated rings. The van der Waals surface area contributed by atoms with Crippen LogP contribution in [-0.2, 0) is 0 Å². The van der Waals surface area contributed by atoms with Gasteiger partial charge >= 0.3 is 0 Å². The van der Waals surface area contributed by atoms with E-state index in [1.54, 1.807) is 0 Å². The van der Waals surface area contributed by atoms with E-state index in [0.29, 0.717) is 17.4 Å². The van der Waals surface area contributed by atoms with E-state index < -0.39 is 0 Å². The maximum Gasteiger partial charge on any atom is 0.157 e. The van der Waals surface area contributed by atoms with Crippen LogP contribution in [0.15, 0.2) is 0 Å². The van der Waals surface area contributed by atoms with Crippen LogP contribution < -0.4 is 11.1 Å². The van der Waals surface area contributed by atoms with E-state index in [9.17, 15) is 0 Å². The third-order valence-electron chi connectivity index (χ3n) is 2.91. The van der Waals surface area contributed by atoms with Crippen molar-refractivity contribution in [1.29, 1.82) is 0 Å². The van der Waals surface area contributed by atoms with Gasteiger partial charge in [-0.2, -0.15) is 0 Å². The van der Waals surface area contributed by atoms with Crippen LogP contribution in [0.2, 0.25) is 5.15 Å². The number of rotatable bonds is 5. The largest absolute Gasteiger partial charge is 0.394 e. The van der Waals surface area contributed by atoms with Crippen molar-refractivity contribution in [1.82, 2.24) is 9.97 Å². The van der Waals surface area contributed by atoms with E-state index in [1.807, 2.05) is 6.92 Å². The van der Waals surface area contributed by atoms with Crippen molar-refractivity contribution in [3.8, 4) is 0 Å². The lowest BCUT2D eigenvalue weighted by Gasteiger charge is -2.17. The molecule has 0 aromatic carbocycles. The van der Waals surface area contributed by atoms with Crippen molar-refractivity contribution in [3.05, 3.63) is 11.0 Å². The van der Waals surface area contributed by atoms with Crippen LogP contribution >= 0.6 is 11.6 Å². The Morgan fingerprint density at radius 3 is 2.76 bits per heavy atom. The molecule has 0 saturated heterocycles. The van der Waals surface area contributed by atoms with Gasteiger partial charge in [0.2, 0.25) is 0 Å². The van der Waals surface area contributed by atoms with Crippen LogP contribution in [-0.4, -0.2) is 27.7 Å². The Hall–Kier alpha value is -1.07. The number of aliphatic hydroxyl groups is 1. The lowest BCUT2D eigenvalue weighted by Crippen LogP contribution is -2.24. The summed E-state index contributed by atoms with van der Waals surface area (Å²) in [6, 6.07) is -0.0599. The van der Waals surface area contributed by atoms with E-state index in [4.69, 9.17) is 22.4 Å². The lowest BCUT2D eigenvalue weighted by atomic mass is 10.2. The van der Waals surface area contributed by atoms with Crippen LogP contribution in [0.1, 0.15) is 37.9 Å². The molecule has 1 unspecified atom stereocenters. The van der Waals surface area contributed by atoms with Gasteiger partial charge in [-0.3, -0.25) is 0 Å². The first-order chi connectivity index (χ1) is 8.15. The summed E-state index contributed by atoms with van der Waals surface area (Å²) in [6.45, 7) is 2.02. The second-order valence-electron chi connectivity index (χ2n) is 4.34. The molecule has 5 nitrogen and oxygen atoms in total. The predicted molar refractivity (Wildman–Crippen MR) is 68.2 cm³/mol. The van der Waals surface area contributed by atoms with Gasteiger partial charge in [-0.1, -0.05) is 18.5 Å². The van der Waals surface area contributed by atoms with Crippen molar-refractivity contribution in [2.75, 3.05) is 17.7 Å². The highest BCUT2D eigenvalue weighted by Crippen LogP contribution is 2.40. The molecule has 0 bridgehead atoms. The Kier molecular flexibility index (Phi) is 3.69. The number of hydrogen-bond donors (Lipinski definition) is 3. The molecule has 1 aliphatic carbocycles. The molecule has 0 amide bonds. The van der Waals surface area contributed by atoms with Gasteiger partial charge in [0.25, 0.3) is 0 Å². The van der Waals surface area contributed by atoms with Gasteiger partial charge in [0, 0.05) is 5.92 Å². The molecule has 0 aliphatic heterocycles. The normalized spacial score (nSPS) is 16.9. The number of nitrogens with zero attached hydrogens (tertiary/aromatic N) is 2. The molecule has 1 aliphatic rings. The third-order valence-corrected chi connectivity index (χ3v) is 3.20. The summed E-state index contributed by atoms with van der Waals surface area (Å²) in [4.78, 5) is 8.57. The fraction of sp³-hybridized carbons (Fsp3) is 0.636. The molecule has 4 N–H and O–H groups in total. The van der Waals surface area contributed by atoms with Gasteiger partial charge in [0.05, 0.1) is 12.6 Å². The van der Waals surface area contributed by atoms with Crippen molar-refractivity contribution in [2.24, 2.45) is 0 Å². The van der Waals surface area contributed by atoms with Gasteiger partial charge < -0.3 is 16.2 Å². The number of aromatic nitrogens is 2. The van der Waals surface area contributed by atoms with Crippen LogP contribution in [0.5, 0.6) is 0 Å². The minimum atomic E-state index is -0.0599. The monoisotopic (exact) mass is 256 g/mol. The lowest BCUT2D eigenvalue weighted by molar-refractivity contribution is 0.271. The van der Waals surface area contributed by atoms with Crippen molar-refractivity contribution < 1.29 is 5.11 Å². The van der Waals surface area contributed by atoms with Crippen molar-refractivity contribution in [3.63, 3.8) is 0 Å². The van der Waals surface area contributed by atoms with E-state index in [-0.39, 0.29) is 17.8 Å². The zero-order valence-electron chi connectivity index (χ0n) is 9.78. The Morgan fingerprint density at radius 2 is 2.24 bits per heavy atom. The maximum atomic E-state index is 9.16. The van der Waals surface area contributed by atoms with Gasteiger partial charge in [0.15, 0.2) is 11.0 Å². The van der Waals surface area contributed by atoms with Gasteiger partial charge in [0.1, 0.15) is 11.5 Å². The van der Waals surface area contributed by atoms with Crippen LogP contribution in [0.25, 0.3) is 0 Å². The van der Waals surface area contributed by atoms with E-state index in [1.165, 1.54) is 0 Å². The number of hydrogen-bond acceptors (Lipinski definition) is 5. The van der Waals surface area contributed by atoms with Gasteiger partial charge in [-0.25, -0.2) is 9.97 Å². The van der Waals surface area contributed by atoms with Crippen molar-refractivity contribution in [2.45, 2.75) is 38.1 Å². The van der Waals surface area contributed by atoms with Crippen LogP contribution in [0, 0.1) is 0 Å². The zero-order valence-corrected chi connectivity index (χ0v) is 10.5. The number of nitrogen functional groups attached to an aromatic ring is 1. The summed E-state index contributed by atoms with van der Waals surface area (Å²) in [6.07, 6.45) is 3.00. The molecule has 0 radical (unpaired) electrons. The van der Waals surface area contributed by atoms with Gasteiger partial charge in [-0.05, 0) is 19.3 Å². The first-order valence-electron chi connectivity index (χ1n) is 5.86. The number of nitrogens with one attached hydrogen (secondary N) is 1. The molecule has 94 valence electrons. The van der Waals surface area contributed by atoms with E-state index >= 15 is 0 Å². The SMILES string of the molecule is CCC(CO)Nc1nc(C2CC2)nc(Cl)c1N. The highest BCUT2D eigenvalue weighted by Gasteiger charge is 2.28. The molecular weight excluding hydrogens is 240 g/mol. The average Bonchev–Trinajstić information content (AvgIpc) is 3.15. The molecule has 0 spiro atoms. The number of anilines is 2. The molecule has 2 rings (SSSR count). The number of aliphatic hydroxyl groups excluding tert-OH is 1. The molecule has 17 heavy (non-hydrogen) atoms. The first kappa shape index (κ1) is 12.4. The second kappa shape index (κ2) is 5.06. The fourth-order valence-corrected chi connectivity index (χ4v) is 1.74. The number of nitrogens with two attached hydrogens (primary N) is 1. The smallest absolute Gasteiger partial charge is 0.157 e. The second-order valence-corrected chi connectivity index (χ2v) is 4.70. The van der Waals surface area contributed by atoms with E-state index in [2.05, 4.69) is 15.3 Å². The molecule has 1 atom stereocenters. The molecule has 1 aromatic rings. The topological polar surface area (TPSA) is 84.1 Å². The quantitative estimate of drug-likeness (QED) is 0.700. The summed E-state index contributed by atoms with van der Waals surface area (Å²) < 4.78 is 0. The number of halogens is 1. The molecule has 1 heterocycles. The minimum absolute atomic E-state index is 0.0380. The van der Waals surface area contributed by atoms with E-state index in [0.717, 1.165) is 25.1 Å². The molecule has 6 heteroatoms. The fourth-order valence-electron chi connectivity index (χ4n) is 1.56.